The van der Waals surface area contributed by atoms with Gasteiger partial charge in [-0.1, -0.05) is 26.2 Å². The van der Waals surface area contributed by atoms with E-state index in [1.165, 1.54) is 25.7 Å². The second-order valence-electron chi connectivity index (χ2n) is 4.25. The third kappa shape index (κ3) is 5.52. The minimum atomic E-state index is 0.214. The molecule has 1 unspecified atom stereocenters. The van der Waals surface area contributed by atoms with E-state index >= 15 is 0 Å². The first kappa shape index (κ1) is 13.7. The van der Waals surface area contributed by atoms with Crippen LogP contribution in [0.1, 0.15) is 46.0 Å². The van der Waals surface area contributed by atoms with Gasteiger partial charge >= 0.3 is 0 Å². The van der Waals surface area contributed by atoms with E-state index < -0.39 is 0 Å². The first-order valence-corrected chi connectivity index (χ1v) is 6.43. The molecule has 0 aliphatic rings. The van der Waals surface area contributed by atoms with Crippen LogP contribution in [0, 0.1) is 0 Å². The summed E-state index contributed by atoms with van der Waals surface area (Å²) >= 11 is 0. The smallest absolute Gasteiger partial charge is 0.225 e. The molecule has 1 atom stereocenters. The van der Waals surface area contributed by atoms with Crippen LogP contribution in [0.15, 0.2) is 12.3 Å². The summed E-state index contributed by atoms with van der Waals surface area (Å²) in [7, 11) is 1.80. The number of hydrogen-bond acceptors (Lipinski definition) is 4. The number of hydrogen-bond donors (Lipinski definition) is 1. The fraction of sp³-hybridized carbons (Fsp3) is 0.692. The average Bonchev–Trinajstić information content (AvgIpc) is 2.35. The van der Waals surface area contributed by atoms with E-state index in [1.807, 2.05) is 0 Å². The van der Waals surface area contributed by atoms with Crippen molar-refractivity contribution in [3.8, 4) is 5.88 Å². The van der Waals surface area contributed by atoms with Crippen LogP contribution in [0.25, 0.3) is 0 Å². The number of unbranched alkanes of at least 4 members (excludes halogenated alkanes) is 3. The summed E-state index contributed by atoms with van der Waals surface area (Å²) in [4.78, 5) is 8.28. The molecule has 0 bridgehead atoms. The summed E-state index contributed by atoms with van der Waals surface area (Å²) in [5.41, 5.74) is 0. The van der Waals surface area contributed by atoms with Crippen LogP contribution in [0.4, 0.5) is 5.95 Å². The molecule has 0 saturated heterocycles. The van der Waals surface area contributed by atoms with Crippen LogP contribution in [-0.2, 0) is 0 Å². The highest BCUT2D eigenvalue weighted by Gasteiger charge is 2.05. The molecule has 1 aromatic heterocycles. The molecule has 0 aliphatic heterocycles. The molecule has 1 rings (SSSR count). The molecule has 0 radical (unpaired) electrons. The first-order chi connectivity index (χ1) is 8.26. The average molecular weight is 237 g/mol. The maximum Gasteiger partial charge on any atom is 0.225 e. The van der Waals surface area contributed by atoms with Gasteiger partial charge in [0.1, 0.15) is 0 Å². The van der Waals surface area contributed by atoms with Crippen molar-refractivity contribution in [2.45, 2.75) is 52.1 Å². The van der Waals surface area contributed by atoms with Crippen molar-refractivity contribution < 1.29 is 4.74 Å². The molecule has 0 spiro atoms. The standard InChI is InChI=1S/C13H23N3O/c1-4-5-6-7-8-11(2)17-12-9-10-15-13(14-3)16-12/h9-11H,4-8H2,1-3H3,(H,14,15,16). The Morgan fingerprint density at radius 2 is 2.18 bits per heavy atom. The SMILES string of the molecule is CCCCCCC(C)Oc1ccnc(NC)n1. The van der Waals surface area contributed by atoms with Gasteiger partial charge in [0, 0.05) is 19.3 Å². The molecule has 4 heteroatoms. The van der Waals surface area contributed by atoms with Gasteiger partial charge in [-0.3, -0.25) is 0 Å². The Morgan fingerprint density at radius 1 is 1.35 bits per heavy atom. The Morgan fingerprint density at radius 3 is 2.88 bits per heavy atom. The molecule has 0 fully saturated rings. The summed E-state index contributed by atoms with van der Waals surface area (Å²) in [6.07, 6.45) is 8.09. The third-order valence-corrected chi connectivity index (χ3v) is 2.64. The zero-order chi connectivity index (χ0) is 12.5. The second-order valence-corrected chi connectivity index (χ2v) is 4.25. The molecular formula is C13H23N3O. The molecule has 4 nitrogen and oxygen atoms in total. The second kappa shape index (κ2) is 7.87. The Balaban J connectivity index is 2.31. The van der Waals surface area contributed by atoms with E-state index in [2.05, 4.69) is 29.1 Å². The summed E-state index contributed by atoms with van der Waals surface area (Å²) in [6.45, 7) is 4.31. The Hall–Kier alpha value is -1.32. The maximum absolute atomic E-state index is 5.75. The zero-order valence-corrected chi connectivity index (χ0v) is 11.1. The van der Waals surface area contributed by atoms with Gasteiger partial charge in [-0.25, -0.2) is 4.98 Å². The van der Waals surface area contributed by atoms with Gasteiger partial charge in [0.15, 0.2) is 0 Å². The molecular weight excluding hydrogens is 214 g/mol. The monoisotopic (exact) mass is 237 g/mol. The molecule has 1 N–H and O–H groups in total. The van der Waals surface area contributed by atoms with Crippen LogP contribution in [0.2, 0.25) is 0 Å². The van der Waals surface area contributed by atoms with E-state index in [0.717, 1.165) is 6.42 Å². The predicted molar refractivity (Wildman–Crippen MR) is 70.4 cm³/mol. The molecule has 1 aromatic rings. The molecule has 17 heavy (non-hydrogen) atoms. The first-order valence-electron chi connectivity index (χ1n) is 6.43. The van der Waals surface area contributed by atoms with Crippen molar-refractivity contribution in [3.63, 3.8) is 0 Å². The van der Waals surface area contributed by atoms with E-state index in [-0.39, 0.29) is 6.10 Å². The van der Waals surface area contributed by atoms with Crippen molar-refractivity contribution in [1.82, 2.24) is 9.97 Å². The summed E-state index contributed by atoms with van der Waals surface area (Å²) < 4.78 is 5.75. The molecule has 0 amide bonds. The largest absolute Gasteiger partial charge is 0.475 e. The Kier molecular flexibility index (Phi) is 6.37. The Bertz CT molecular complexity index is 317. The van der Waals surface area contributed by atoms with Crippen LogP contribution < -0.4 is 10.1 Å². The number of aromatic nitrogens is 2. The molecule has 0 aliphatic carbocycles. The van der Waals surface area contributed by atoms with Crippen LogP contribution in [-0.4, -0.2) is 23.1 Å². The van der Waals surface area contributed by atoms with Crippen molar-refractivity contribution in [2.75, 3.05) is 12.4 Å². The highest BCUT2D eigenvalue weighted by Crippen LogP contribution is 2.13. The van der Waals surface area contributed by atoms with Crippen molar-refractivity contribution in [2.24, 2.45) is 0 Å². The molecule has 0 aromatic carbocycles. The summed E-state index contributed by atoms with van der Waals surface area (Å²) in [6, 6.07) is 1.80. The number of rotatable bonds is 8. The normalized spacial score (nSPS) is 12.2. The minimum absolute atomic E-state index is 0.214. The Labute approximate surface area is 104 Å². The lowest BCUT2D eigenvalue weighted by molar-refractivity contribution is 0.198. The van der Waals surface area contributed by atoms with Crippen LogP contribution >= 0.6 is 0 Å². The predicted octanol–water partition coefficient (Wildman–Crippen LogP) is 3.26. The van der Waals surface area contributed by atoms with E-state index in [0.29, 0.717) is 11.8 Å². The van der Waals surface area contributed by atoms with Gasteiger partial charge in [-0.15, -0.1) is 0 Å². The number of nitrogens with one attached hydrogen (secondary N) is 1. The van der Waals surface area contributed by atoms with E-state index in [9.17, 15) is 0 Å². The molecule has 1 heterocycles. The highest BCUT2D eigenvalue weighted by atomic mass is 16.5. The van der Waals surface area contributed by atoms with E-state index in [4.69, 9.17) is 4.74 Å². The lowest BCUT2D eigenvalue weighted by atomic mass is 10.1. The lowest BCUT2D eigenvalue weighted by Crippen LogP contribution is -2.13. The minimum Gasteiger partial charge on any atom is -0.475 e. The van der Waals surface area contributed by atoms with Crippen molar-refractivity contribution in [3.05, 3.63) is 12.3 Å². The van der Waals surface area contributed by atoms with E-state index in [1.54, 1.807) is 19.3 Å². The van der Waals surface area contributed by atoms with Gasteiger partial charge in [-0.2, -0.15) is 4.98 Å². The highest BCUT2D eigenvalue weighted by molar-refractivity contribution is 5.26. The third-order valence-electron chi connectivity index (χ3n) is 2.64. The molecule has 0 saturated carbocycles. The number of anilines is 1. The fourth-order valence-corrected chi connectivity index (χ4v) is 1.65. The zero-order valence-electron chi connectivity index (χ0n) is 11.1. The lowest BCUT2D eigenvalue weighted by Gasteiger charge is -2.13. The van der Waals surface area contributed by atoms with Crippen LogP contribution in [0.3, 0.4) is 0 Å². The summed E-state index contributed by atoms with van der Waals surface area (Å²) in [5, 5.41) is 2.90. The van der Waals surface area contributed by atoms with Gasteiger partial charge in [0.25, 0.3) is 0 Å². The fourth-order valence-electron chi connectivity index (χ4n) is 1.65. The van der Waals surface area contributed by atoms with Crippen molar-refractivity contribution >= 4 is 5.95 Å². The van der Waals surface area contributed by atoms with Crippen molar-refractivity contribution in [1.29, 1.82) is 0 Å². The summed E-state index contributed by atoms with van der Waals surface area (Å²) in [5.74, 6) is 1.24. The van der Waals surface area contributed by atoms with Gasteiger partial charge in [-0.05, 0) is 19.8 Å². The number of ether oxygens (including phenoxy) is 1. The van der Waals surface area contributed by atoms with Crippen LogP contribution in [0.5, 0.6) is 5.88 Å². The topological polar surface area (TPSA) is 47.0 Å². The molecule has 96 valence electrons. The maximum atomic E-state index is 5.75. The van der Waals surface area contributed by atoms with Gasteiger partial charge in [0.2, 0.25) is 11.8 Å². The van der Waals surface area contributed by atoms with Gasteiger partial charge < -0.3 is 10.1 Å². The van der Waals surface area contributed by atoms with Gasteiger partial charge in [0.05, 0.1) is 6.10 Å². The quantitative estimate of drug-likeness (QED) is 0.705. The number of nitrogens with zero attached hydrogens (tertiary/aromatic N) is 2.